The summed E-state index contributed by atoms with van der Waals surface area (Å²) >= 11 is 1.48. The Morgan fingerprint density at radius 2 is 2.24 bits per heavy atom. The van der Waals surface area contributed by atoms with Crippen LogP contribution in [0.3, 0.4) is 0 Å². The molecular weight excluding hydrogens is 306 g/mol. The number of sulfonamides is 1. The average Bonchev–Trinajstić information content (AvgIpc) is 3.07. The van der Waals surface area contributed by atoms with Crippen LogP contribution in [0.4, 0.5) is 5.69 Å². The molecule has 2 heterocycles. The van der Waals surface area contributed by atoms with Gasteiger partial charge in [0.05, 0.1) is 16.1 Å². The van der Waals surface area contributed by atoms with Gasteiger partial charge < -0.3 is 5.32 Å². The van der Waals surface area contributed by atoms with E-state index in [1.807, 2.05) is 13.0 Å². The molecule has 21 heavy (non-hydrogen) atoms. The molecule has 1 aromatic heterocycles. The van der Waals surface area contributed by atoms with Gasteiger partial charge in [-0.15, -0.1) is 11.3 Å². The molecule has 5 nitrogen and oxygen atoms in total. The van der Waals surface area contributed by atoms with Crippen molar-refractivity contribution in [2.75, 3.05) is 18.9 Å². The van der Waals surface area contributed by atoms with Crippen molar-refractivity contribution in [3.05, 3.63) is 39.8 Å². The number of fused-ring (bicyclic) bond motifs is 1. The number of aryl methyl sites for hydroxylation is 1. The highest BCUT2D eigenvalue weighted by Gasteiger charge is 2.24. The number of anilines is 1. The third-order valence-corrected chi connectivity index (χ3v) is 6.43. The zero-order chi connectivity index (χ0) is 15.0. The van der Waals surface area contributed by atoms with Crippen molar-refractivity contribution in [2.24, 2.45) is 0 Å². The van der Waals surface area contributed by atoms with Gasteiger partial charge in [-0.25, -0.2) is 13.4 Å². The van der Waals surface area contributed by atoms with E-state index in [9.17, 15) is 8.42 Å². The van der Waals surface area contributed by atoms with E-state index < -0.39 is 10.0 Å². The molecule has 0 unspecified atom stereocenters. The largest absolute Gasteiger partial charge is 0.384 e. The van der Waals surface area contributed by atoms with Crippen LogP contribution in [-0.4, -0.2) is 31.3 Å². The Hall–Kier alpha value is -1.44. The van der Waals surface area contributed by atoms with Gasteiger partial charge >= 0.3 is 0 Å². The number of hydrogen-bond donors (Lipinski definition) is 1. The number of nitrogens with zero attached hydrogens (tertiary/aromatic N) is 2. The minimum atomic E-state index is -3.48. The maximum atomic E-state index is 12.7. The highest BCUT2D eigenvalue weighted by molar-refractivity contribution is 7.89. The summed E-state index contributed by atoms with van der Waals surface area (Å²) in [6.45, 7) is 3.11. The Labute approximate surface area is 128 Å². The Kier molecular flexibility index (Phi) is 3.73. The fourth-order valence-corrected chi connectivity index (χ4v) is 4.45. The molecule has 0 amide bonds. The van der Waals surface area contributed by atoms with E-state index in [0.29, 0.717) is 11.4 Å². The molecule has 1 aromatic carbocycles. The van der Waals surface area contributed by atoms with Crippen molar-refractivity contribution >= 4 is 27.0 Å². The lowest BCUT2D eigenvalue weighted by atomic mass is 10.2. The summed E-state index contributed by atoms with van der Waals surface area (Å²) in [4.78, 5) is 5.46. The normalized spacial score (nSPS) is 14.2. The molecule has 0 aliphatic carbocycles. The number of rotatable bonds is 4. The minimum Gasteiger partial charge on any atom is -0.384 e. The third kappa shape index (κ3) is 2.68. The van der Waals surface area contributed by atoms with Crippen molar-refractivity contribution < 1.29 is 8.42 Å². The molecule has 0 saturated carbocycles. The Bertz CT molecular complexity index is 768. The van der Waals surface area contributed by atoms with Crippen LogP contribution in [0.25, 0.3) is 0 Å². The summed E-state index contributed by atoms with van der Waals surface area (Å²) in [6.07, 6.45) is 0.950. The maximum absolute atomic E-state index is 12.7. The Morgan fingerprint density at radius 3 is 2.95 bits per heavy atom. The molecular formula is C14H17N3O2S2. The third-order valence-electron chi connectivity index (χ3n) is 3.71. The van der Waals surface area contributed by atoms with E-state index in [2.05, 4.69) is 10.3 Å². The first-order valence-corrected chi connectivity index (χ1v) is 9.02. The van der Waals surface area contributed by atoms with Gasteiger partial charge in [0, 0.05) is 30.7 Å². The van der Waals surface area contributed by atoms with E-state index in [-0.39, 0.29) is 0 Å². The monoisotopic (exact) mass is 323 g/mol. The second-order valence-corrected chi connectivity index (χ2v) is 8.10. The number of benzene rings is 1. The van der Waals surface area contributed by atoms with Crippen LogP contribution in [0.5, 0.6) is 0 Å². The molecule has 1 aliphatic heterocycles. The Balaban J connectivity index is 1.87. The van der Waals surface area contributed by atoms with Crippen LogP contribution < -0.4 is 5.32 Å². The molecule has 0 spiro atoms. The quantitative estimate of drug-likeness (QED) is 0.937. The fraction of sp³-hybridized carbons (Fsp3) is 0.357. The summed E-state index contributed by atoms with van der Waals surface area (Å²) in [6, 6.07) is 5.32. The van der Waals surface area contributed by atoms with Crippen LogP contribution in [0.2, 0.25) is 0 Å². The molecule has 2 aromatic rings. The number of thiazole rings is 1. The second kappa shape index (κ2) is 5.40. The average molecular weight is 323 g/mol. The van der Waals surface area contributed by atoms with Crippen LogP contribution in [0.1, 0.15) is 16.1 Å². The lowest BCUT2D eigenvalue weighted by molar-refractivity contribution is 0.468. The van der Waals surface area contributed by atoms with Crippen molar-refractivity contribution in [2.45, 2.75) is 24.8 Å². The van der Waals surface area contributed by atoms with Gasteiger partial charge in [-0.2, -0.15) is 4.31 Å². The smallest absolute Gasteiger partial charge is 0.243 e. The van der Waals surface area contributed by atoms with Gasteiger partial charge in [-0.3, -0.25) is 0 Å². The molecule has 0 fully saturated rings. The van der Waals surface area contributed by atoms with E-state index >= 15 is 0 Å². The second-order valence-electron chi connectivity index (χ2n) is 5.12. The fourth-order valence-electron chi connectivity index (χ4n) is 2.38. The standard InChI is InChI=1S/C14H17N3O2S2/c1-10-14(20-9-16-10)8-17(2)21(18,19)12-4-3-11-5-6-15-13(11)7-12/h3-4,7,9,15H,5-6,8H2,1-2H3. The lowest BCUT2D eigenvalue weighted by Crippen LogP contribution is -2.26. The van der Waals surface area contributed by atoms with E-state index in [0.717, 1.165) is 29.2 Å². The van der Waals surface area contributed by atoms with Gasteiger partial charge in [-0.1, -0.05) is 6.07 Å². The lowest BCUT2D eigenvalue weighted by Gasteiger charge is -2.17. The van der Waals surface area contributed by atoms with Gasteiger partial charge in [0.2, 0.25) is 10.0 Å². The maximum Gasteiger partial charge on any atom is 0.243 e. The van der Waals surface area contributed by atoms with E-state index in [4.69, 9.17) is 0 Å². The molecule has 0 saturated heterocycles. The first-order chi connectivity index (χ1) is 9.98. The minimum absolute atomic E-state index is 0.334. The molecule has 7 heteroatoms. The summed E-state index contributed by atoms with van der Waals surface area (Å²) in [7, 11) is -1.87. The van der Waals surface area contributed by atoms with E-state index in [1.54, 1.807) is 24.7 Å². The zero-order valence-electron chi connectivity index (χ0n) is 12.0. The van der Waals surface area contributed by atoms with Crippen molar-refractivity contribution in [3.63, 3.8) is 0 Å². The molecule has 0 bridgehead atoms. The summed E-state index contributed by atoms with van der Waals surface area (Å²) in [5.41, 5.74) is 4.73. The van der Waals surface area contributed by atoms with Crippen molar-refractivity contribution in [1.29, 1.82) is 0 Å². The van der Waals surface area contributed by atoms with Gasteiger partial charge in [-0.05, 0) is 31.0 Å². The van der Waals surface area contributed by atoms with Crippen LogP contribution in [-0.2, 0) is 23.0 Å². The first kappa shape index (κ1) is 14.5. The van der Waals surface area contributed by atoms with Gasteiger partial charge in [0.15, 0.2) is 0 Å². The topological polar surface area (TPSA) is 62.3 Å². The predicted molar refractivity (Wildman–Crippen MR) is 84.1 cm³/mol. The molecule has 1 aliphatic rings. The molecule has 112 valence electrons. The zero-order valence-corrected chi connectivity index (χ0v) is 13.6. The number of aromatic nitrogens is 1. The highest BCUT2D eigenvalue weighted by atomic mass is 32.2. The van der Waals surface area contributed by atoms with Gasteiger partial charge in [0.25, 0.3) is 0 Å². The highest BCUT2D eigenvalue weighted by Crippen LogP contribution is 2.27. The van der Waals surface area contributed by atoms with Crippen LogP contribution >= 0.6 is 11.3 Å². The molecule has 1 N–H and O–H groups in total. The van der Waals surface area contributed by atoms with Crippen molar-refractivity contribution in [3.8, 4) is 0 Å². The molecule has 3 rings (SSSR count). The SMILES string of the molecule is Cc1ncsc1CN(C)S(=O)(=O)c1ccc2c(c1)NCC2. The Morgan fingerprint density at radius 1 is 1.43 bits per heavy atom. The van der Waals surface area contributed by atoms with Crippen LogP contribution in [0.15, 0.2) is 28.6 Å². The van der Waals surface area contributed by atoms with Crippen LogP contribution in [0, 0.1) is 6.92 Å². The van der Waals surface area contributed by atoms with E-state index in [1.165, 1.54) is 21.2 Å². The summed E-state index contributed by atoms with van der Waals surface area (Å²) in [5.74, 6) is 0. The molecule has 0 radical (unpaired) electrons. The predicted octanol–water partition coefficient (Wildman–Crippen LogP) is 2.24. The summed E-state index contributed by atoms with van der Waals surface area (Å²) in [5, 5.41) is 3.22. The van der Waals surface area contributed by atoms with Gasteiger partial charge in [0.1, 0.15) is 0 Å². The van der Waals surface area contributed by atoms with Crippen molar-refractivity contribution in [1.82, 2.24) is 9.29 Å². The molecule has 0 atom stereocenters. The number of nitrogens with one attached hydrogen (secondary N) is 1. The first-order valence-electron chi connectivity index (χ1n) is 6.70. The number of hydrogen-bond acceptors (Lipinski definition) is 5. The summed E-state index contributed by atoms with van der Waals surface area (Å²) < 4.78 is 26.7.